The van der Waals surface area contributed by atoms with Crippen LogP contribution in [0.4, 0.5) is 0 Å². The number of ether oxygens (including phenoxy) is 2. The summed E-state index contributed by atoms with van der Waals surface area (Å²) in [6, 6.07) is 19.3. The molecule has 0 atom stereocenters. The molecule has 0 fully saturated rings. The maximum absolute atomic E-state index is 6.12. The molecule has 0 aliphatic heterocycles. The van der Waals surface area contributed by atoms with Crippen LogP contribution in [0.5, 0.6) is 11.5 Å². The maximum atomic E-state index is 6.12. The van der Waals surface area contributed by atoms with Crippen molar-refractivity contribution in [3.05, 3.63) is 82.4 Å². The van der Waals surface area contributed by atoms with E-state index in [9.17, 15) is 0 Å². The second kappa shape index (κ2) is 8.59. The molecule has 0 unspecified atom stereocenters. The summed E-state index contributed by atoms with van der Waals surface area (Å²) in [6.45, 7) is 4.53. The van der Waals surface area contributed by atoms with Crippen LogP contribution < -0.4 is 9.47 Å². The number of halogens is 1. The van der Waals surface area contributed by atoms with Gasteiger partial charge in [-0.3, -0.25) is 0 Å². The molecule has 6 heteroatoms. The third-order valence-corrected chi connectivity index (χ3v) is 4.98. The minimum absolute atomic E-state index is 0.417. The van der Waals surface area contributed by atoms with E-state index in [1.165, 1.54) is 5.56 Å². The highest BCUT2D eigenvalue weighted by Crippen LogP contribution is 2.32. The molecule has 4 rings (SSSR count). The summed E-state index contributed by atoms with van der Waals surface area (Å²) >= 11 is 6.12. The molecule has 1 aromatic heterocycles. The van der Waals surface area contributed by atoms with Crippen LogP contribution in [-0.4, -0.2) is 17.3 Å². The molecule has 0 N–H and O–H groups in total. The Hall–Kier alpha value is -3.31. The number of methoxy groups -OCH3 is 1. The van der Waals surface area contributed by atoms with Crippen LogP contribution in [0.15, 0.2) is 65.2 Å². The van der Waals surface area contributed by atoms with Crippen molar-refractivity contribution in [3.63, 3.8) is 0 Å². The molecule has 0 amide bonds. The zero-order valence-corrected chi connectivity index (χ0v) is 17.7. The van der Waals surface area contributed by atoms with Gasteiger partial charge in [0.2, 0.25) is 5.82 Å². The van der Waals surface area contributed by atoms with Crippen LogP contribution in [0.25, 0.3) is 22.8 Å². The summed E-state index contributed by atoms with van der Waals surface area (Å²) in [6.07, 6.45) is 0. The smallest absolute Gasteiger partial charge is 0.258 e. The molecule has 0 radical (unpaired) electrons. The molecule has 4 aromatic rings. The topological polar surface area (TPSA) is 57.4 Å². The van der Waals surface area contributed by atoms with Crippen LogP contribution in [-0.2, 0) is 6.61 Å². The molecule has 0 bridgehead atoms. The fraction of sp³-hybridized carbons (Fsp3) is 0.167. The van der Waals surface area contributed by atoms with Crippen LogP contribution in [0.3, 0.4) is 0 Å². The first-order valence-corrected chi connectivity index (χ1v) is 9.88. The Balaban J connectivity index is 1.56. The lowest BCUT2D eigenvalue weighted by atomic mass is 10.1. The Labute approximate surface area is 180 Å². The second-order valence-electron chi connectivity index (χ2n) is 7.03. The lowest BCUT2D eigenvalue weighted by molar-refractivity contribution is 0.304. The first-order chi connectivity index (χ1) is 14.5. The van der Waals surface area contributed by atoms with Crippen molar-refractivity contribution in [2.75, 3.05) is 7.11 Å². The van der Waals surface area contributed by atoms with Gasteiger partial charge in [0.1, 0.15) is 18.1 Å². The van der Waals surface area contributed by atoms with Gasteiger partial charge >= 0.3 is 0 Å². The molecule has 152 valence electrons. The van der Waals surface area contributed by atoms with Gasteiger partial charge in [0, 0.05) is 10.6 Å². The highest BCUT2D eigenvalue weighted by molar-refractivity contribution is 6.30. The van der Waals surface area contributed by atoms with Crippen molar-refractivity contribution in [3.8, 4) is 34.3 Å². The highest BCUT2D eigenvalue weighted by Gasteiger charge is 2.15. The second-order valence-corrected chi connectivity index (χ2v) is 7.46. The lowest BCUT2D eigenvalue weighted by Crippen LogP contribution is -1.97. The van der Waals surface area contributed by atoms with E-state index in [1.54, 1.807) is 25.3 Å². The minimum Gasteiger partial charge on any atom is -0.496 e. The van der Waals surface area contributed by atoms with Crippen molar-refractivity contribution in [1.29, 1.82) is 0 Å². The first kappa shape index (κ1) is 20.0. The normalized spacial score (nSPS) is 10.8. The first-order valence-electron chi connectivity index (χ1n) is 9.50. The molecular weight excluding hydrogens is 400 g/mol. The van der Waals surface area contributed by atoms with Gasteiger partial charge in [-0.2, -0.15) is 4.98 Å². The van der Waals surface area contributed by atoms with E-state index in [-0.39, 0.29) is 0 Å². The molecule has 0 spiro atoms. The van der Waals surface area contributed by atoms with Gasteiger partial charge in [0.05, 0.1) is 12.7 Å². The van der Waals surface area contributed by atoms with Crippen molar-refractivity contribution < 1.29 is 14.0 Å². The Kier molecular flexibility index (Phi) is 5.72. The van der Waals surface area contributed by atoms with Gasteiger partial charge in [-0.15, -0.1) is 0 Å². The zero-order chi connectivity index (χ0) is 21.1. The molecule has 3 aromatic carbocycles. The van der Waals surface area contributed by atoms with Crippen LogP contribution in [0.2, 0.25) is 5.02 Å². The number of aryl methyl sites for hydroxylation is 2. The van der Waals surface area contributed by atoms with Crippen LogP contribution in [0, 0.1) is 13.8 Å². The number of hydrogen-bond acceptors (Lipinski definition) is 5. The van der Waals surface area contributed by atoms with Crippen molar-refractivity contribution in [2.24, 2.45) is 0 Å². The van der Waals surface area contributed by atoms with E-state index >= 15 is 0 Å². The molecule has 1 heterocycles. The van der Waals surface area contributed by atoms with Gasteiger partial charge in [-0.1, -0.05) is 41.0 Å². The van der Waals surface area contributed by atoms with Gasteiger partial charge in [0.25, 0.3) is 5.89 Å². The predicted molar refractivity (Wildman–Crippen MR) is 117 cm³/mol. The molecule has 0 aliphatic carbocycles. The summed E-state index contributed by atoms with van der Waals surface area (Å²) in [5.41, 5.74) is 4.77. The number of nitrogens with zero attached hydrogens (tertiary/aromatic N) is 2. The van der Waals surface area contributed by atoms with Crippen LogP contribution >= 0.6 is 11.6 Å². The average molecular weight is 421 g/mol. The third-order valence-electron chi connectivity index (χ3n) is 4.74. The van der Waals surface area contributed by atoms with E-state index in [2.05, 4.69) is 29.2 Å². The maximum Gasteiger partial charge on any atom is 0.258 e. The van der Waals surface area contributed by atoms with Crippen molar-refractivity contribution >= 4 is 11.6 Å². The standard InChI is InChI=1S/C24H21ClN2O3/c1-15-7-8-16(2)22(11-15)29-14-17-5-4-6-18(12-17)24-26-23(27-30-24)20-13-19(25)9-10-21(20)28-3/h4-13H,14H2,1-3H3. The average Bonchev–Trinajstić information content (AvgIpc) is 3.25. The van der Waals surface area contributed by atoms with Crippen molar-refractivity contribution in [2.45, 2.75) is 20.5 Å². The van der Waals surface area contributed by atoms with Gasteiger partial charge in [0.15, 0.2) is 0 Å². The van der Waals surface area contributed by atoms with E-state index < -0.39 is 0 Å². The minimum atomic E-state index is 0.417. The summed E-state index contributed by atoms with van der Waals surface area (Å²) < 4.78 is 16.9. The molecular formula is C24H21ClN2O3. The monoisotopic (exact) mass is 420 g/mol. The fourth-order valence-electron chi connectivity index (χ4n) is 3.12. The number of benzene rings is 3. The summed E-state index contributed by atoms with van der Waals surface area (Å²) in [4.78, 5) is 4.53. The SMILES string of the molecule is COc1ccc(Cl)cc1-c1noc(-c2cccc(COc3cc(C)ccc3C)c2)n1. The number of hydrogen-bond donors (Lipinski definition) is 0. The van der Waals surface area contributed by atoms with E-state index in [0.29, 0.717) is 34.7 Å². The Morgan fingerprint density at radius 1 is 0.967 bits per heavy atom. The lowest BCUT2D eigenvalue weighted by Gasteiger charge is -2.10. The predicted octanol–water partition coefficient (Wildman–Crippen LogP) is 6.26. The Morgan fingerprint density at radius 2 is 1.83 bits per heavy atom. The molecule has 0 aliphatic rings. The summed E-state index contributed by atoms with van der Waals surface area (Å²) in [7, 11) is 1.59. The molecule has 30 heavy (non-hydrogen) atoms. The summed E-state index contributed by atoms with van der Waals surface area (Å²) in [5.74, 6) is 2.35. The van der Waals surface area contributed by atoms with Gasteiger partial charge in [-0.05, 0) is 66.9 Å². The summed E-state index contributed by atoms with van der Waals surface area (Å²) in [5, 5.41) is 4.67. The Morgan fingerprint density at radius 3 is 2.67 bits per heavy atom. The number of rotatable bonds is 6. The van der Waals surface area contributed by atoms with Crippen molar-refractivity contribution in [1.82, 2.24) is 10.1 Å². The van der Waals surface area contributed by atoms with E-state index in [0.717, 1.165) is 22.4 Å². The van der Waals surface area contributed by atoms with Crippen LogP contribution in [0.1, 0.15) is 16.7 Å². The quantitative estimate of drug-likeness (QED) is 0.368. The number of aromatic nitrogens is 2. The molecule has 0 saturated carbocycles. The molecule has 0 saturated heterocycles. The Bertz CT molecular complexity index is 1190. The largest absolute Gasteiger partial charge is 0.496 e. The fourth-order valence-corrected chi connectivity index (χ4v) is 3.30. The van der Waals surface area contributed by atoms with E-state index in [1.807, 2.05) is 37.3 Å². The zero-order valence-electron chi connectivity index (χ0n) is 17.0. The molecule has 5 nitrogen and oxygen atoms in total. The van der Waals surface area contributed by atoms with Gasteiger partial charge < -0.3 is 14.0 Å². The third kappa shape index (κ3) is 4.31. The highest BCUT2D eigenvalue weighted by atomic mass is 35.5. The van der Waals surface area contributed by atoms with E-state index in [4.69, 9.17) is 25.6 Å². The van der Waals surface area contributed by atoms with Gasteiger partial charge in [-0.25, -0.2) is 0 Å².